The van der Waals surface area contributed by atoms with Gasteiger partial charge in [0.2, 0.25) is 0 Å². The Hall–Kier alpha value is -3.01. The van der Waals surface area contributed by atoms with Crippen molar-refractivity contribution in [3.05, 3.63) is 65.7 Å². The molecule has 0 bridgehead atoms. The first kappa shape index (κ1) is 21.3. The molecule has 28 heavy (non-hydrogen) atoms. The minimum atomic E-state index is -4.43. The first-order valence-corrected chi connectivity index (χ1v) is 8.69. The molecule has 0 aliphatic heterocycles. The zero-order valence-corrected chi connectivity index (χ0v) is 15.3. The second-order valence-corrected chi connectivity index (χ2v) is 6.57. The molecule has 0 fully saturated rings. The maximum Gasteiger partial charge on any atom is 0.446 e. The van der Waals surface area contributed by atoms with Gasteiger partial charge in [0.25, 0.3) is 11.8 Å². The van der Waals surface area contributed by atoms with E-state index in [1.165, 1.54) is 6.92 Å². The van der Waals surface area contributed by atoms with Crippen molar-refractivity contribution in [2.45, 2.75) is 23.4 Å². The average Bonchev–Trinajstić information content (AvgIpc) is 2.65. The summed E-state index contributed by atoms with van der Waals surface area (Å²) in [6, 6.07) is 12.7. The number of rotatable bonds is 5. The molecule has 2 aromatic carbocycles. The van der Waals surface area contributed by atoms with Crippen LogP contribution in [-0.2, 0) is 9.53 Å². The van der Waals surface area contributed by atoms with E-state index in [9.17, 15) is 27.6 Å². The van der Waals surface area contributed by atoms with Gasteiger partial charge in [-0.2, -0.15) is 13.2 Å². The third-order valence-electron chi connectivity index (χ3n) is 3.31. The number of nitrogens with one attached hydrogen (secondary N) is 2. The highest BCUT2D eigenvalue weighted by Crippen LogP contribution is 2.36. The lowest BCUT2D eigenvalue weighted by Gasteiger charge is -2.14. The molecule has 6 nitrogen and oxygen atoms in total. The number of alkyl halides is 3. The number of carbonyl (C=O) groups excluding carboxylic acids is 3. The van der Waals surface area contributed by atoms with Crippen molar-refractivity contribution in [3.8, 4) is 0 Å². The summed E-state index contributed by atoms with van der Waals surface area (Å²) in [7, 11) is 0. The van der Waals surface area contributed by atoms with Crippen LogP contribution in [0.25, 0.3) is 0 Å². The van der Waals surface area contributed by atoms with Crippen molar-refractivity contribution in [1.29, 1.82) is 0 Å². The molecule has 0 aromatic heterocycles. The van der Waals surface area contributed by atoms with Crippen molar-refractivity contribution in [1.82, 2.24) is 10.9 Å². The number of amides is 2. The number of carbonyl (C=O) groups is 3. The van der Waals surface area contributed by atoms with E-state index in [1.807, 2.05) is 0 Å². The quantitative estimate of drug-likeness (QED) is 0.447. The fourth-order valence-electron chi connectivity index (χ4n) is 1.96. The van der Waals surface area contributed by atoms with Crippen LogP contribution in [0.1, 0.15) is 27.6 Å². The maximum absolute atomic E-state index is 12.3. The van der Waals surface area contributed by atoms with Crippen LogP contribution in [0.4, 0.5) is 13.2 Å². The SMILES string of the molecule is C[C@H](OC(=O)c1ccc(SC(F)(F)F)cc1)C(=O)NNC(=O)c1ccccc1. The number of thioether (sulfide) groups is 1. The van der Waals surface area contributed by atoms with Crippen LogP contribution in [0.2, 0.25) is 0 Å². The number of benzene rings is 2. The highest BCUT2D eigenvalue weighted by Gasteiger charge is 2.29. The molecular formula is C18H15F3N2O4S. The molecule has 0 aliphatic carbocycles. The topological polar surface area (TPSA) is 84.5 Å². The third kappa shape index (κ3) is 6.62. The summed E-state index contributed by atoms with van der Waals surface area (Å²) in [5.41, 5.74) is 0.188. The molecule has 2 rings (SSSR count). The Balaban J connectivity index is 1.85. The van der Waals surface area contributed by atoms with Gasteiger partial charge < -0.3 is 4.74 Å². The van der Waals surface area contributed by atoms with E-state index in [-0.39, 0.29) is 22.2 Å². The van der Waals surface area contributed by atoms with Crippen molar-refractivity contribution in [2.75, 3.05) is 0 Å². The Morgan fingerprint density at radius 2 is 1.54 bits per heavy atom. The van der Waals surface area contributed by atoms with E-state index in [2.05, 4.69) is 10.9 Å². The smallest absolute Gasteiger partial charge is 0.446 e. The fourth-order valence-corrected chi connectivity index (χ4v) is 2.50. The fraction of sp³-hybridized carbons (Fsp3) is 0.167. The predicted octanol–water partition coefficient (Wildman–Crippen LogP) is 3.31. The van der Waals surface area contributed by atoms with Crippen LogP contribution in [0.15, 0.2) is 59.5 Å². The number of halogens is 3. The van der Waals surface area contributed by atoms with Gasteiger partial charge in [-0.3, -0.25) is 20.4 Å². The van der Waals surface area contributed by atoms with E-state index in [0.29, 0.717) is 5.56 Å². The Bertz CT molecular complexity index is 842. The molecule has 0 saturated carbocycles. The first-order chi connectivity index (χ1) is 13.2. The standard InChI is InChI=1S/C18H15F3N2O4S/c1-11(15(24)22-23-16(25)12-5-3-2-4-6-12)27-17(26)13-7-9-14(10-8-13)28-18(19,20)21/h2-11H,1H3,(H,22,24)(H,23,25)/t11-/m0/s1. The highest BCUT2D eigenvalue weighted by atomic mass is 32.2. The summed E-state index contributed by atoms with van der Waals surface area (Å²) in [5, 5.41) is 0. The summed E-state index contributed by atoms with van der Waals surface area (Å²) in [4.78, 5) is 35.7. The Morgan fingerprint density at radius 1 is 0.929 bits per heavy atom. The second kappa shape index (κ2) is 9.27. The monoisotopic (exact) mass is 412 g/mol. The lowest BCUT2D eigenvalue weighted by Crippen LogP contribution is -2.46. The second-order valence-electron chi connectivity index (χ2n) is 5.43. The molecule has 0 heterocycles. The Morgan fingerprint density at radius 3 is 2.11 bits per heavy atom. The van der Waals surface area contributed by atoms with E-state index < -0.39 is 29.4 Å². The molecular weight excluding hydrogens is 397 g/mol. The van der Waals surface area contributed by atoms with Crippen molar-refractivity contribution in [3.63, 3.8) is 0 Å². The number of hydrazine groups is 1. The van der Waals surface area contributed by atoms with Gasteiger partial charge in [-0.25, -0.2) is 4.79 Å². The molecule has 2 amide bonds. The molecule has 0 spiro atoms. The Labute approximate surface area is 162 Å². The van der Waals surface area contributed by atoms with Crippen molar-refractivity contribution >= 4 is 29.5 Å². The van der Waals surface area contributed by atoms with Crippen LogP contribution < -0.4 is 10.9 Å². The summed E-state index contributed by atoms with van der Waals surface area (Å²) in [6.07, 6.45) is -1.24. The van der Waals surface area contributed by atoms with Gasteiger partial charge in [-0.05, 0) is 55.1 Å². The summed E-state index contributed by atoms with van der Waals surface area (Å²) >= 11 is -0.309. The van der Waals surface area contributed by atoms with E-state index in [4.69, 9.17) is 4.74 Å². The summed E-state index contributed by atoms with van der Waals surface area (Å²) < 4.78 is 41.8. The van der Waals surface area contributed by atoms with Gasteiger partial charge >= 0.3 is 11.5 Å². The molecule has 1 atom stereocenters. The zero-order valence-electron chi connectivity index (χ0n) is 14.4. The number of hydrogen-bond donors (Lipinski definition) is 2. The molecule has 0 radical (unpaired) electrons. The highest BCUT2D eigenvalue weighted by molar-refractivity contribution is 8.00. The summed E-state index contributed by atoms with van der Waals surface area (Å²) in [6.45, 7) is 1.29. The largest absolute Gasteiger partial charge is 0.449 e. The van der Waals surface area contributed by atoms with Gasteiger partial charge in [-0.15, -0.1) is 0 Å². The lowest BCUT2D eigenvalue weighted by atomic mass is 10.2. The van der Waals surface area contributed by atoms with Gasteiger partial charge in [0.05, 0.1) is 5.56 Å². The molecule has 0 saturated heterocycles. The van der Waals surface area contributed by atoms with Gasteiger partial charge in [0.1, 0.15) is 0 Å². The maximum atomic E-state index is 12.3. The van der Waals surface area contributed by atoms with Crippen LogP contribution >= 0.6 is 11.8 Å². The van der Waals surface area contributed by atoms with Gasteiger partial charge in [0.15, 0.2) is 6.10 Å². The van der Waals surface area contributed by atoms with Crippen molar-refractivity contribution < 1.29 is 32.3 Å². The minimum absolute atomic E-state index is 0.0144. The zero-order chi connectivity index (χ0) is 20.7. The molecule has 0 aliphatic rings. The number of esters is 1. The minimum Gasteiger partial charge on any atom is -0.449 e. The normalized spacial score (nSPS) is 12.0. The van der Waals surface area contributed by atoms with E-state index >= 15 is 0 Å². The molecule has 0 unspecified atom stereocenters. The third-order valence-corrected chi connectivity index (χ3v) is 4.05. The van der Waals surface area contributed by atoms with Crippen molar-refractivity contribution in [2.24, 2.45) is 0 Å². The number of hydrogen-bond acceptors (Lipinski definition) is 5. The van der Waals surface area contributed by atoms with Gasteiger partial charge in [0, 0.05) is 10.5 Å². The van der Waals surface area contributed by atoms with Gasteiger partial charge in [-0.1, -0.05) is 18.2 Å². The van der Waals surface area contributed by atoms with Crippen LogP contribution in [-0.4, -0.2) is 29.4 Å². The predicted molar refractivity (Wildman–Crippen MR) is 95.3 cm³/mol. The van der Waals surface area contributed by atoms with E-state index in [0.717, 1.165) is 24.3 Å². The van der Waals surface area contributed by atoms with Crippen LogP contribution in [0.3, 0.4) is 0 Å². The molecule has 2 N–H and O–H groups in total. The van der Waals surface area contributed by atoms with E-state index in [1.54, 1.807) is 30.3 Å². The molecule has 148 valence electrons. The average molecular weight is 412 g/mol. The van der Waals surface area contributed by atoms with Crippen LogP contribution in [0, 0.1) is 0 Å². The Kier molecular flexibility index (Phi) is 7.05. The first-order valence-electron chi connectivity index (χ1n) is 7.88. The number of ether oxygens (including phenoxy) is 1. The summed E-state index contributed by atoms with van der Waals surface area (Å²) in [5.74, 6) is -2.22. The molecule has 10 heteroatoms. The van der Waals surface area contributed by atoms with Crippen LogP contribution in [0.5, 0.6) is 0 Å². The molecule has 2 aromatic rings. The lowest BCUT2D eigenvalue weighted by molar-refractivity contribution is -0.129.